The Kier molecular flexibility index (Phi) is 7.18. The fourth-order valence-corrected chi connectivity index (χ4v) is 4.58. The average molecular weight is 493 g/mol. The van der Waals surface area contributed by atoms with Gasteiger partial charge in [-0.1, -0.05) is 54.6 Å². The van der Waals surface area contributed by atoms with Crippen molar-refractivity contribution >= 4 is 34.7 Å². The maximum absolute atomic E-state index is 13.1. The van der Waals surface area contributed by atoms with Crippen molar-refractivity contribution in [2.24, 2.45) is 0 Å². The Balaban J connectivity index is 1.22. The zero-order chi connectivity index (χ0) is 25.6. The highest BCUT2D eigenvalue weighted by Crippen LogP contribution is 2.25. The van der Waals surface area contributed by atoms with Gasteiger partial charge >= 0.3 is 0 Å². The Morgan fingerprint density at radius 1 is 1.03 bits per heavy atom. The molecular formula is C30H28N4O3. The van der Waals surface area contributed by atoms with E-state index in [4.69, 9.17) is 9.15 Å². The number of nitrogens with zero attached hydrogens (tertiary/aromatic N) is 4. The van der Waals surface area contributed by atoms with Gasteiger partial charge in [0.05, 0.1) is 13.0 Å². The molecule has 5 rings (SSSR count). The summed E-state index contributed by atoms with van der Waals surface area (Å²) in [6, 6.07) is 24.1. The highest BCUT2D eigenvalue weighted by Gasteiger charge is 2.26. The predicted octanol–water partition coefficient (Wildman–Crippen LogP) is 5.16. The highest BCUT2D eigenvalue weighted by molar-refractivity contribution is 5.90. The molecule has 0 atom stereocenters. The van der Waals surface area contributed by atoms with Crippen LogP contribution in [0.5, 0.6) is 5.75 Å². The van der Waals surface area contributed by atoms with Crippen molar-refractivity contribution in [3.8, 4) is 11.8 Å². The summed E-state index contributed by atoms with van der Waals surface area (Å²) in [6.07, 6.45) is 4.01. The molecule has 1 aromatic heterocycles. The number of oxazole rings is 1. The third kappa shape index (κ3) is 5.49. The fraction of sp³-hybridized carbons (Fsp3) is 0.233. The van der Waals surface area contributed by atoms with Gasteiger partial charge in [-0.3, -0.25) is 4.79 Å². The minimum Gasteiger partial charge on any atom is -0.494 e. The van der Waals surface area contributed by atoms with Crippen molar-refractivity contribution < 1.29 is 13.9 Å². The molecule has 7 nitrogen and oxygen atoms in total. The van der Waals surface area contributed by atoms with Crippen LogP contribution in [0, 0.1) is 11.3 Å². The molecule has 1 fully saturated rings. The van der Waals surface area contributed by atoms with E-state index in [1.807, 2.05) is 71.3 Å². The van der Waals surface area contributed by atoms with Crippen LogP contribution in [0.25, 0.3) is 22.9 Å². The summed E-state index contributed by atoms with van der Waals surface area (Å²) >= 11 is 0. The molecule has 0 radical (unpaired) electrons. The zero-order valence-electron chi connectivity index (χ0n) is 20.8. The van der Waals surface area contributed by atoms with Gasteiger partial charge in [0.1, 0.15) is 11.8 Å². The number of hydrogen-bond acceptors (Lipinski definition) is 6. The summed E-state index contributed by atoms with van der Waals surface area (Å²) < 4.78 is 11.4. The fourth-order valence-electron chi connectivity index (χ4n) is 4.58. The molecule has 0 N–H and O–H groups in total. The van der Waals surface area contributed by atoms with E-state index in [0.717, 1.165) is 27.6 Å². The monoisotopic (exact) mass is 492 g/mol. The van der Waals surface area contributed by atoms with Gasteiger partial charge in [-0.25, -0.2) is 0 Å². The number of anilines is 1. The number of amides is 1. The smallest absolute Gasteiger partial charge is 0.235 e. The van der Waals surface area contributed by atoms with Gasteiger partial charge in [-0.2, -0.15) is 10.2 Å². The number of rotatable bonds is 7. The van der Waals surface area contributed by atoms with E-state index in [1.165, 1.54) is 0 Å². The lowest BCUT2D eigenvalue weighted by atomic mass is 10.0. The standard InChI is InChI=1S/C30H28N4O3/c1-2-36-25-13-10-22(11-14-25)12-15-28-32-27(21-31)30(37-28)34-18-16-33(17-19-34)29(35)20-24-8-5-7-23-6-3-4-9-26(23)24/h3-15H,2,16-20H2,1H3/b15-12+. The summed E-state index contributed by atoms with van der Waals surface area (Å²) in [6.45, 7) is 4.85. The molecule has 0 spiro atoms. The van der Waals surface area contributed by atoms with Crippen LogP contribution < -0.4 is 9.64 Å². The van der Waals surface area contributed by atoms with Gasteiger partial charge in [-0.15, -0.1) is 0 Å². The Morgan fingerprint density at radius 3 is 2.54 bits per heavy atom. The Hall–Kier alpha value is -4.57. The van der Waals surface area contributed by atoms with Crippen molar-refractivity contribution in [2.45, 2.75) is 13.3 Å². The number of benzene rings is 3. The zero-order valence-corrected chi connectivity index (χ0v) is 20.8. The lowest BCUT2D eigenvalue weighted by Gasteiger charge is -2.34. The Labute approximate surface area is 216 Å². The Bertz CT molecular complexity index is 1450. The second-order valence-corrected chi connectivity index (χ2v) is 8.84. The van der Waals surface area contributed by atoms with Crippen LogP contribution in [0.15, 0.2) is 71.1 Å². The van der Waals surface area contributed by atoms with Crippen LogP contribution in [0.3, 0.4) is 0 Å². The van der Waals surface area contributed by atoms with Gasteiger partial charge in [0, 0.05) is 32.3 Å². The number of nitriles is 1. The van der Waals surface area contributed by atoms with E-state index in [2.05, 4.69) is 29.3 Å². The van der Waals surface area contributed by atoms with Crippen LogP contribution in [0.1, 0.15) is 29.6 Å². The summed E-state index contributed by atoms with van der Waals surface area (Å²) in [4.78, 5) is 21.3. The molecule has 0 bridgehead atoms. The molecule has 0 unspecified atom stereocenters. The predicted molar refractivity (Wildman–Crippen MR) is 144 cm³/mol. The number of carbonyl (C=O) groups is 1. The molecule has 1 aliphatic rings. The van der Waals surface area contributed by atoms with Gasteiger partial charge in [0.25, 0.3) is 0 Å². The SMILES string of the molecule is CCOc1ccc(/C=C/c2nc(C#N)c(N3CCN(C(=O)Cc4cccc5ccccc45)CC3)o2)cc1. The van der Waals surface area contributed by atoms with Gasteiger partial charge in [0.15, 0.2) is 0 Å². The van der Waals surface area contributed by atoms with E-state index in [9.17, 15) is 10.1 Å². The van der Waals surface area contributed by atoms with Crippen LogP contribution in [-0.2, 0) is 11.2 Å². The quantitative estimate of drug-likeness (QED) is 0.354. The first kappa shape index (κ1) is 24.1. The normalized spacial score (nSPS) is 13.7. The lowest BCUT2D eigenvalue weighted by molar-refractivity contribution is -0.130. The number of carbonyl (C=O) groups excluding carboxylic acids is 1. The molecule has 4 aromatic rings. The van der Waals surface area contributed by atoms with E-state index < -0.39 is 0 Å². The van der Waals surface area contributed by atoms with Gasteiger partial charge in [0.2, 0.25) is 23.4 Å². The van der Waals surface area contributed by atoms with Crippen molar-refractivity contribution in [2.75, 3.05) is 37.7 Å². The largest absolute Gasteiger partial charge is 0.494 e. The molecule has 37 heavy (non-hydrogen) atoms. The third-order valence-corrected chi connectivity index (χ3v) is 6.48. The van der Waals surface area contributed by atoms with Crippen molar-refractivity contribution in [3.63, 3.8) is 0 Å². The van der Waals surface area contributed by atoms with E-state index in [-0.39, 0.29) is 11.6 Å². The number of hydrogen-bond donors (Lipinski definition) is 0. The maximum Gasteiger partial charge on any atom is 0.235 e. The lowest BCUT2D eigenvalue weighted by Crippen LogP contribution is -2.49. The van der Waals surface area contributed by atoms with Crippen molar-refractivity contribution in [3.05, 3.63) is 89.4 Å². The second-order valence-electron chi connectivity index (χ2n) is 8.84. The summed E-state index contributed by atoms with van der Waals surface area (Å²) in [7, 11) is 0. The summed E-state index contributed by atoms with van der Waals surface area (Å²) in [5.74, 6) is 1.75. The number of piperazine rings is 1. The molecule has 1 amide bonds. The van der Waals surface area contributed by atoms with Gasteiger partial charge < -0.3 is 19.0 Å². The van der Waals surface area contributed by atoms with E-state index in [1.54, 1.807) is 6.08 Å². The van der Waals surface area contributed by atoms with Crippen LogP contribution in [-0.4, -0.2) is 48.6 Å². The Morgan fingerprint density at radius 2 is 1.78 bits per heavy atom. The molecule has 186 valence electrons. The van der Waals surface area contributed by atoms with Gasteiger partial charge in [-0.05, 0) is 47.0 Å². The number of fused-ring (bicyclic) bond motifs is 1. The van der Waals surface area contributed by atoms with Crippen molar-refractivity contribution in [1.29, 1.82) is 5.26 Å². The van der Waals surface area contributed by atoms with E-state index >= 15 is 0 Å². The van der Waals surface area contributed by atoms with Crippen LogP contribution >= 0.6 is 0 Å². The molecule has 2 heterocycles. The summed E-state index contributed by atoms with van der Waals surface area (Å²) in [5.41, 5.74) is 2.26. The molecule has 0 saturated carbocycles. The van der Waals surface area contributed by atoms with Crippen LogP contribution in [0.4, 0.5) is 5.88 Å². The first-order chi connectivity index (χ1) is 18.1. The number of aromatic nitrogens is 1. The minimum absolute atomic E-state index is 0.105. The molecular weight excluding hydrogens is 464 g/mol. The number of ether oxygens (including phenoxy) is 1. The maximum atomic E-state index is 13.1. The topological polar surface area (TPSA) is 82.6 Å². The summed E-state index contributed by atoms with van der Waals surface area (Å²) in [5, 5.41) is 11.9. The second kappa shape index (κ2) is 11.0. The molecule has 1 saturated heterocycles. The van der Waals surface area contributed by atoms with E-state index in [0.29, 0.717) is 51.0 Å². The highest BCUT2D eigenvalue weighted by atomic mass is 16.5. The molecule has 0 aliphatic carbocycles. The molecule has 1 aliphatic heterocycles. The minimum atomic E-state index is 0.105. The van der Waals surface area contributed by atoms with Crippen molar-refractivity contribution in [1.82, 2.24) is 9.88 Å². The van der Waals surface area contributed by atoms with Crippen LogP contribution in [0.2, 0.25) is 0 Å². The molecule has 7 heteroatoms. The third-order valence-electron chi connectivity index (χ3n) is 6.48. The first-order valence-electron chi connectivity index (χ1n) is 12.5. The first-order valence-corrected chi connectivity index (χ1v) is 12.5. The average Bonchev–Trinajstić information content (AvgIpc) is 3.36. The molecule has 3 aromatic carbocycles.